The summed E-state index contributed by atoms with van der Waals surface area (Å²) < 4.78 is 37.6. The number of rotatable bonds is 2. The molecular weight excluding hydrogens is 308 g/mol. The standard InChI is InChI=1S/C15H10O6S/c16-13-9-5-1-3-7-11(9)21-15(14(13)17)10-6-2-4-8-12(10)22(18,19)20/h1-8,17H,(H,18,19,20). The van der Waals surface area contributed by atoms with Crippen LogP contribution in [0.4, 0.5) is 0 Å². The van der Waals surface area contributed by atoms with Gasteiger partial charge < -0.3 is 9.52 Å². The van der Waals surface area contributed by atoms with Gasteiger partial charge in [0.05, 0.1) is 5.39 Å². The zero-order chi connectivity index (χ0) is 15.9. The van der Waals surface area contributed by atoms with Gasteiger partial charge in [0.1, 0.15) is 10.5 Å². The maximum atomic E-state index is 12.2. The quantitative estimate of drug-likeness (QED) is 0.703. The Labute approximate surface area is 125 Å². The SMILES string of the molecule is O=c1c(O)c(-c2ccccc2S(=O)(=O)O)oc2ccccc12. The maximum Gasteiger partial charge on any atom is 0.295 e. The van der Waals surface area contributed by atoms with Crippen LogP contribution in [0.15, 0.2) is 62.6 Å². The van der Waals surface area contributed by atoms with E-state index in [9.17, 15) is 22.9 Å². The summed E-state index contributed by atoms with van der Waals surface area (Å²) in [5.41, 5.74) is -0.571. The third-order valence-electron chi connectivity index (χ3n) is 3.18. The summed E-state index contributed by atoms with van der Waals surface area (Å²) in [7, 11) is -4.54. The first-order valence-corrected chi connectivity index (χ1v) is 7.65. The normalized spacial score (nSPS) is 11.7. The highest BCUT2D eigenvalue weighted by molar-refractivity contribution is 7.86. The fourth-order valence-corrected chi connectivity index (χ4v) is 2.88. The van der Waals surface area contributed by atoms with Crippen LogP contribution in [0.25, 0.3) is 22.3 Å². The van der Waals surface area contributed by atoms with Gasteiger partial charge in [-0.25, -0.2) is 0 Å². The molecule has 0 bridgehead atoms. The lowest BCUT2D eigenvalue weighted by Crippen LogP contribution is -2.05. The van der Waals surface area contributed by atoms with Crippen LogP contribution in [0.3, 0.4) is 0 Å². The van der Waals surface area contributed by atoms with Crippen molar-refractivity contribution in [3.63, 3.8) is 0 Å². The molecule has 0 spiro atoms. The summed E-state index contributed by atoms with van der Waals surface area (Å²) in [4.78, 5) is 11.7. The fraction of sp³-hybridized carbons (Fsp3) is 0. The molecule has 112 valence electrons. The average Bonchev–Trinajstić information content (AvgIpc) is 2.50. The second-order valence-electron chi connectivity index (χ2n) is 4.58. The molecule has 0 aliphatic rings. The minimum Gasteiger partial charge on any atom is -0.502 e. The van der Waals surface area contributed by atoms with Gasteiger partial charge in [-0.2, -0.15) is 8.42 Å². The first-order valence-electron chi connectivity index (χ1n) is 6.21. The molecule has 0 atom stereocenters. The molecular formula is C15H10O6S. The van der Waals surface area contributed by atoms with E-state index in [4.69, 9.17) is 4.42 Å². The highest BCUT2D eigenvalue weighted by Crippen LogP contribution is 2.33. The van der Waals surface area contributed by atoms with E-state index in [1.165, 1.54) is 30.3 Å². The monoisotopic (exact) mass is 318 g/mol. The zero-order valence-electron chi connectivity index (χ0n) is 11.1. The minimum atomic E-state index is -4.54. The van der Waals surface area contributed by atoms with Crippen LogP contribution < -0.4 is 5.43 Å². The van der Waals surface area contributed by atoms with Crippen LogP contribution in [-0.2, 0) is 10.1 Å². The van der Waals surface area contributed by atoms with Crippen LogP contribution in [0.5, 0.6) is 5.75 Å². The molecule has 7 heteroatoms. The molecule has 1 aromatic heterocycles. The summed E-state index contributed by atoms with van der Waals surface area (Å²) >= 11 is 0. The second kappa shape index (κ2) is 4.97. The Kier molecular flexibility index (Phi) is 3.23. The number of hydrogen-bond acceptors (Lipinski definition) is 5. The van der Waals surface area contributed by atoms with E-state index in [0.29, 0.717) is 0 Å². The average molecular weight is 318 g/mol. The predicted molar refractivity (Wildman–Crippen MR) is 79.4 cm³/mol. The highest BCUT2D eigenvalue weighted by Gasteiger charge is 2.22. The summed E-state index contributed by atoms with van der Waals surface area (Å²) in [5, 5.41) is 10.2. The van der Waals surface area contributed by atoms with Crippen LogP contribution in [-0.4, -0.2) is 18.1 Å². The van der Waals surface area contributed by atoms with E-state index in [2.05, 4.69) is 0 Å². The van der Waals surface area contributed by atoms with E-state index in [1.807, 2.05) is 0 Å². The van der Waals surface area contributed by atoms with Gasteiger partial charge in [-0.05, 0) is 24.3 Å². The van der Waals surface area contributed by atoms with Crippen molar-refractivity contribution < 1.29 is 22.5 Å². The molecule has 22 heavy (non-hydrogen) atoms. The smallest absolute Gasteiger partial charge is 0.295 e. The molecule has 0 saturated carbocycles. The van der Waals surface area contributed by atoms with E-state index in [-0.39, 0.29) is 22.3 Å². The van der Waals surface area contributed by atoms with Gasteiger partial charge in [0.15, 0.2) is 5.76 Å². The van der Waals surface area contributed by atoms with E-state index in [0.717, 1.165) is 6.07 Å². The number of para-hydroxylation sites is 1. The molecule has 3 rings (SSSR count). The van der Waals surface area contributed by atoms with Crippen molar-refractivity contribution in [1.82, 2.24) is 0 Å². The number of fused-ring (bicyclic) bond motifs is 1. The van der Waals surface area contributed by atoms with Crippen molar-refractivity contribution in [2.75, 3.05) is 0 Å². The predicted octanol–water partition coefficient (Wildman–Crippen LogP) is 2.41. The molecule has 2 aromatic carbocycles. The molecule has 0 radical (unpaired) electrons. The first-order chi connectivity index (χ1) is 10.4. The van der Waals surface area contributed by atoms with Crippen molar-refractivity contribution in [2.24, 2.45) is 0 Å². The molecule has 0 unspecified atom stereocenters. The van der Waals surface area contributed by atoms with Gasteiger partial charge in [0.2, 0.25) is 11.2 Å². The Bertz CT molecular complexity index is 1030. The van der Waals surface area contributed by atoms with Gasteiger partial charge in [0.25, 0.3) is 10.1 Å². The number of aromatic hydroxyl groups is 1. The summed E-state index contributed by atoms with van der Waals surface area (Å²) in [6.07, 6.45) is 0. The highest BCUT2D eigenvalue weighted by atomic mass is 32.2. The molecule has 0 amide bonds. The second-order valence-corrected chi connectivity index (χ2v) is 5.97. The number of hydrogen-bond donors (Lipinski definition) is 2. The Hall–Kier alpha value is -2.64. The fourth-order valence-electron chi connectivity index (χ4n) is 2.19. The Morgan fingerprint density at radius 3 is 2.32 bits per heavy atom. The van der Waals surface area contributed by atoms with Crippen LogP contribution >= 0.6 is 0 Å². The third-order valence-corrected chi connectivity index (χ3v) is 4.10. The van der Waals surface area contributed by atoms with Gasteiger partial charge in [0, 0.05) is 5.56 Å². The van der Waals surface area contributed by atoms with Crippen LogP contribution in [0, 0.1) is 0 Å². The molecule has 2 N–H and O–H groups in total. The number of benzene rings is 2. The Morgan fingerprint density at radius 1 is 0.955 bits per heavy atom. The lowest BCUT2D eigenvalue weighted by atomic mass is 10.1. The Morgan fingerprint density at radius 2 is 1.59 bits per heavy atom. The largest absolute Gasteiger partial charge is 0.502 e. The zero-order valence-corrected chi connectivity index (χ0v) is 11.9. The molecule has 1 heterocycles. The lowest BCUT2D eigenvalue weighted by Gasteiger charge is -2.08. The van der Waals surface area contributed by atoms with Gasteiger partial charge >= 0.3 is 0 Å². The lowest BCUT2D eigenvalue weighted by molar-refractivity contribution is 0.448. The van der Waals surface area contributed by atoms with E-state index < -0.39 is 26.2 Å². The van der Waals surface area contributed by atoms with Crippen molar-refractivity contribution in [2.45, 2.75) is 4.90 Å². The van der Waals surface area contributed by atoms with Crippen molar-refractivity contribution in [3.05, 3.63) is 58.8 Å². The molecule has 6 nitrogen and oxygen atoms in total. The van der Waals surface area contributed by atoms with Crippen LogP contribution in [0.2, 0.25) is 0 Å². The van der Waals surface area contributed by atoms with E-state index >= 15 is 0 Å². The molecule has 0 aliphatic heterocycles. The van der Waals surface area contributed by atoms with E-state index in [1.54, 1.807) is 12.1 Å². The Balaban J connectivity index is 2.43. The molecule has 0 aliphatic carbocycles. The van der Waals surface area contributed by atoms with Crippen molar-refractivity contribution in [3.8, 4) is 17.1 Å². The summed E-state index contributed by atoms with van der Waals surface area (Å²) in [5.74, 6) is -1.02. The van der Waals surface area contributed by atoms with Crippen LogP contribution in [0.1, 0.15) is 0 Å². The first kappa shape index (κ1) is 14.3. The topological polar surface area (TPSA) is 105 Å². The molecule has 0 saturated heterocycles. The maximum absolute atomic E-state index is 12.2. The minimum absolute atomic E-state index is 0.0923. The van der Waals surface area contributed by atoms with Gasteiger partial charge in [-0.3, -0.25) is 9.35 Å². The summed E-state index contributed by atoms with van der Waals surface area (Å²) in [6.45, 7) is 0. The molecule has 3 aromatic rings. The van der Waals surface area contributed by atoms with Crippen molar-refractivity contribution in [1.29, 1.82) is 0 Å². The molecule has 0 fully saturated rings. The van der Waals surface area contributed by atoms with Gasteiger partial charge in [-0.1, -0.05) is 24.3 Å². The van der Waals surface area contributed by atoms with Crippen molar-refractivity contribution >= 4 is 21.1 Å². The van der Waals surface area contributed by atoms with Gasteiger partial charge in [-0.15, -0.1) is 0 Å². The summed E-state index contributed by atoms with van der Waals surface area (Å²) in [6, 6.07) is 11.6. The third kappa shape index (κ3) is 2.26.